The van der Waals surface area contributed by atoms with E-state index in [2.05, 4.69) is 4.72 Å². The first-order valence-corrected chi connectivity index (χ1v) is 10.8. The molecular weight excluding hydrogens is 360 g/mol. The number of hydrogen-bond acceptors (Lipinski definition) is 3. The van der Waals surface area contributed by atoms with E-state index in [1.807, 2.05) is 33.8 Å². The summed E-state index contributed by atoms with van der Waals surface area (Å²) in [4.78, 5) is 14.8. The zero-order chi connectivity index (χ0) is 20.0. The van der Waals surface area contributed by atoms with Crippen molar-refractivity contribution in [3.8, 4) is 0 Å². The summed E-state index contributed by atoms with van der Waals surface area (Å²) < 4.78 is 28.2. The van der Waals surface area contributed by atoms with E-state index in [-0.39, 0.29) is 10.8 Å². The number of sulfonamides is 1. The number of nitrogens with zero attached hydrogens (tertiary/aromatic N) is 1. The topological polar surface area (TPSA) is 66.5 Å². The Balaban J connectivity index is 2.36. The lowest BCUT2D eigenvalue weighted by Gasteiger charge is -2.22. The molecule has 0 aliphatic heterocycles. The van der Waals surface area contributed by atoms with Gasteiger partial charge in [-0.2, -0.15) is 0 Å². The van der Waals surface area contributed by atoms with Crippen LogP contribution in [0.5, 0.6) is 0 Å². The van der Waals surface area contributed by atoms with Gasteiger partial charge in [-0.25, -0.2) is 8.42 Å². The maximum absolute atomic E-state index is 12.9. The molecule has 2 aromatic rings. The second-order valence-corrected chi connectivity index (χ2v) is 8.43. The summed E-state index contributed by atoms with van der Waals surface area (Å²) in [6, 6.07) is 11.9. The number of carbonyl (C=O) groups excluding carboxylic acids is 1. The summed E-state index contributed by atoms with van der Waals surface area (Å²) in [6.45, 7) is 9.09. The van der Waals surface area contributed by atoms with Gasteiger partial charge in [-0.05, 0) is 62.1 Å². The Morgan fingerprint density at radius 2 is 1.67 bits per heavy atom. The van der Waals surface area contributed by atoms with Gasteiger partial charge in [-0.15, -0.1) is 0 Å². The molecule has 0 aromatic heterocycles. The minimum Gasteiger partial charge on any atom is -0.339 e. The van der Waals surface area contributed by atoms with Crippen molar-refractivity contribution in [2.75, 3.05) is 17.8 Å². The van der Waals surface area contributed by atoms with Gasteiger partial charge >= 0.3 is 0 Å². The van der Waals surface area contributed by atoms with Gasteiger partial charge in [0.15, 0.2) is 0 Å². The monoisotopic (exact) mass is 388 g/mol. The second kappa shape index (κ2) is 9.04. The van der Waals surface area contributed by atoms with Gasteiger partial charge in [0.25, 0.3) is 15.9 Å². The van der Waals surface area contributed by atoms with Gasteiger partial charge in [0.05, 0.1) is 4.90 Å². The lowest BCUT2D eigenvalue weighted by atomic mass is 10.1. The number of rotatable bonds is 8. The first-order chi connectivity index (χ1) is 12.8. The van der Waals surface area contributed by atoms with Crippen LogP contribution in [-0.2, 0) is 10.0 Å². The van der Waals surface area contributed by atoms with E-state index in [1.165, 1.54) is 12.1 Å². The Morgan fingerprint density at radius 3 is 2.26 bits per heavy atom. The molecule has 1 amide bonds. The zero-order valence-corrected chi connectivity index (χ0v) is 17.3. The highest BCUT2D eigenvalue weighted by Crippen LogP contribution is 2.21. The first kappa shape index (κ1) is 21.0. The number of benzene rings is 2. The van der Waals surface area contributed by atoms with Crippen LogP contribution < -0.4 is 4.72 Å². The first-order valence-electron chi connectivity index (χ1n) is 9.28. The largest absolute Gasteiger partial charge is 0.339 e. The van der Waals surface area contributed by atoms with E-state index in [9.17, 15) is 13.2 Å². The van der Waals surface area contributed by atoms with E-state index in [1.54, 1.807) is 29.2 Å². The van der Waals surface area contributed by atoms with E-state index >= 15 is 0 Å². The number of hydrogen-bond donors (Lipinski definition) is 1. The second-order valence-electron chi connectivity index (χ2n) is 6.74. The van der Waals surface area contributed by atoms with Crippen LogP contribution in [-0.4, -0.2) is 32.3 Å². The van der Waals surface area contributed by atoms with Crippen LogP contribution in [0, 0.1) is 13.8 Å². The predicted octanol–water partition coefficient (Wildman–Crippen LogP) is 4.37. The molecule has 0 heterocycles. The Hall–Kier alpha value is -2.34. The van der Waals surface area contributed by atoms with Gasteiger partial charge in [-0.3, -0.25) is 9.52 Å². The average Bonchev–Trinajstić information content (AvgIpc) is 2.61. The van der Waals surface area contributed by atoms with E-state index in [0.29, 0.717) is 24.3 Å². The number of aryl methyl sites for hydroxylation is 2. The zero-order valence-electron chi connectivity index (χ0n) is 16.5. The van der Waals surface area contributed by atoms with Crippen LogP contribution in [0.3, 0.4) is 0 Å². The molecule has 146 valence electrons. The normalized spacial score (nSPS) is 11.3. The summed E-state index contributed by atoms with van der Waals surface area (Å²) >= 11 is 0. The van der Waals surface area contributed by atoms with E-state index in [4.69, 9.17) is 0 Å². The van der Waals surface area contributed by atoms with Gasteiger partial charge in [0, 0.05) is 24.3 Å². The van der Waals surface area contributed by atoms with Crippen molar-refractivity contribution >= 4 is 21.6 Å². The summed E-state index contributed by atoms with van der Waals surface area (Å²) in [5.74, 6) is -0.121. The molecule has 0 atom stereocenters. The molecule has 5 nitrogen and oxygen atoms in total. The van der Waals surface area contributed by atoms with Crippen molar-refractivity contribution in [3.63, 3.8) is 0 Å². The summed E-state index contributed by atoms with van der Waals surface area (Å²) in [5, 5.41) is 0. The van der Waals surface area contributed by atoms with Crippen LogP contribution in [0.4, 0.5) is 5.69 Å². The molecule has 0 aliphatic rings. The third-order valence-electron chi connectivity index (χ3n) is 4.29. The van der Waals surface area contributed by atoms with Crippen LogP contribution in [0.15, 0.2) is 47.4 Å². The molecule has 2 rings (SSSR count). The van der Waals surface area contributed by atoms with Crippen molar-refractivity contribution in [1.29, 1.82) is 0 Å². The fourth-order valence-electron chi connectivity index (χ4n) is 2.95. The van der Waals surface area contributed by atoms with E-state index < -0.39 is 10.0 Å². The molecule has 0 aliphatic carbocycles. The smallest absolute Gasteiger partial charge is 0.261 e. The van der Waals surface area contributed by atoms with Gasteiger partial charge < -0.3 is 4.90 Å². The van der Waals surface area contributed by atoms with Crippen LogP contribution in [0.2, 0.25) is 0 Å². The lowest BCUT2D eigenvalue weighted by Crippen LogP contribution is -2.33. The van der Waals surface area contributed by atoms with Crippen LogP contribution >= 0.6 is 0 Å². The maximum atomic E-state index is 12.9. The Kier molecular flexibility index (Phi) is 7.02. The molecule has 1 N–H and O–H groups in total. The van der Waals surface area contributed by atoms with Crippen LogP contribution in [0.1, 0.15) is 48.2 Å². The Labute approximate surface area is 162 Å². The molecule has 0 radical (unpaired) electrons. The molecule has 0 bridgehead atoms. The average molecular weight is 389 g/mol. The number of carbonyl (C=O) groups is 1. The van der Waals surface area contributed by atoms with Gasteiger partial charge in [-0.1, -0.05) is 32.0 Å². The van der Waals surface area contributed by atoms with Crippen molar-refractivity contribution in [1.82, 2.24) is 4.90 Å². The van der Waals surface area contributed by atoms with Crippen molar-refractivity contribution in [3.05, 3.63) is 59.2 Å². The standard InChI is InChI=1S/C21H28N2O3S/c1-5-12-23(13-6-2)21(24)20-15-19(11-10-17(20)4)27(25,26)22-18-9-7-8-16(3)14-18/h7-11,14-15,22H,5-6,12-13H2,1-4H3. The molecular formula is C21H28N2O3S. The third kappa shape index (κ3) is 5.32. The highest BCUT2D eigenvalue weighted by molar-refractivity contribution is 7.92. The summed E-state index contributed by atoms with van der Waals surface area (Å²) in [7, 11) is -3.77. The number of anilines is 1. The number of amides is 1. The summed E-state index contributed by atoms with van der Waals surface area (Å²) in [6.07, 6.45) is 1.72. The highest BCUT2D eigenvalue weighted by Gasteiger charge is 2.21. The third-order valence-corrected chi connectivity index (χ3v) is 5.67. The highest BCUT2D eigenvalue weighted by atomic mass is 32.2. The Bertz CT molecular complexity index is 901. The van der Waals surface area contributed by atoms with Crippen molar-refractivity contribution < 1.29 is 13.2 Å². The van der Waals surface area contributed by atoms with Crippen molar-refractivity contribution in [2.45, 2.75) is 45.4 Å². The minimum absolute atomic E-state index is 0.0888. The fourth-order valence-corrected chi connectivity index (χ4v) is 4.02. The lowest BCUT2D eigenvalue weighted by molar-refractivity contribution is 0.0754. The SMILES string of the molecule is CCCN(CCC)C(=O)c1cc(S(=O)(=O)Nc2cccc(C)c2)ccc1C. The molecule has 0 fully saturated rings. The predicted molar refractivity (Wildman–Crippen MR) is 110 cm³/mol. The molecule has 0 spiro atoms. The molecule has 0 saturated heterocycles. The molecule has 6 heteroatoms. The summed E-state index contributed by atoms with van der Waals surface area (Å²) in [5.41, 5.74) is 2.67. The van der Waals surface area contributed by atoms with Gasteiger partial charge in [0.2, 0.25) is 0 Å². The molecule has 2 aromatic carbocycles. The quantitative estimate of drug-likeness (QED) is 0.730. The fraction of sp³-hybridized carbons (Fsp3) is 0.381. The number of nitrogens with one attached hydrogen (secondary N) is 1. The molecule has 27 heavy (non-hydrogen) atoms. The van der Waals surface area contributed by atoms with Crippen LogP contribution in [0.25, 0.3) is 0 Å². The minimum atomic E-state index is -3.77. The molecule has 0 saturated carbocycles. The van der Waals surface area contributed by atoms with Gasteiger partial charge in [0.1, 0.15) is 0 Å². The molecule has 0 unspecified atom stereocenters. The maximum Gasteiger partial charge on any atom is 0.261 e. The van der Waals surface area contributed by atoms with Crippen molar-refractivity contribution in [2.24, 2.45) is 0 Å². The van der Waals surface area contributed by atoms with E-state index in [0.717, 1.165) is 24.0 Å². The Morgan fingerprint density at radius 1 is 1.00 bits per heavy atom.